The van der Waals surface area contributed by atoms with Crippen LogP contribution in [0.4, 0.5) is 0 Å². The summed E-state index contributed by atoms with van der Waals surface area (Å²) in [6.45, 7) is 4.62. The summed E-state index contributed by atoms with van der Waals surface area (Å²) in [5.41, 5.74) is 0. The minimum absolute atomic E-state index is 0.0936. The van der Waals surface area contributed by atoms with Crippen LogP contribution >= 0.6 is 11.3 Å². The molecule has 6 heteroatoms. The van der Waals surface area contributed by atoms with E-state index in [2.05, 4.69) is 5.32 Å². The Morgan fingerprint density at radius 3 is 2.58 bits per heavy atom. The molecule has 2 unspecified atom stereocenters. The zero-order valence-corrected chi connectivity index (χ0v) is 13.4. The quantitative estimate of drug-likeness (QED) is 0.929. The summed E-state index contributed by atoms with van der Waals surface area (Å²) < 4.78 is 27.4. The smallest absolute Gasteiger partial charge is 0.244 e. The molecule has 1 fully saturated rings. The highest BCUT2D eigenvalue weighted by Gasteiger charge is 2.36. The highest BCUT2D eigenvalue weighted by atomic mass is 32.2. The van der Waals surface area contributed by atoms with Crippen LogP contribution in [0.5, 0.6) is 0 Å². The Morgan fingerprint density at radius 1 is 1.37 bits per heavy atom. The molecule has 4 nitrogen and oxygen atoms in total. The Labute approximate surface area is 119 Å². The van der Waals surface area contributed by atoms with Gasteiger partial charge in [0.1, 0.15) is 0 Å². The predicted octanol–water partition coefficient (Wildman–Crippen LogP) is 2.42. The van der Waals surface area contributed by atoms with E-state index in [-0.39, 0.29) is 12.1 Å². The fraction of sp³-hybridized carbons (Fsp3) is 0.692. The summed E-state index contributed by atoms with van der Waals surface area (Å²) in [6, 6.07) is 1.92. The van der Waals surface area contributed by atoms with Crippen molar-refractivity contribution in [1.29, 1.82) is 0 Å². The molecule has 0 saturated carbocycles. The fourth-order valence-electron chi connectivity index (χ4n) is 2.83. The van der Waals surface area contributed by atoms with E-state index in [1.165, 1.54) is 11.3 Å². The van der Waals surface area contributed by atoms with Crippen molar-refractivity contribution in [3.05, 3.63) is 16.3 Å². The second-order valence-corrected chi connectivity index (χ2v) is 8.01. The maximum atomic E-state index is 12.9. The van der Waals surface area contributed by atoms with E-state index in [1.807, 2.05) is 26.3 Å². The maximum absolute atomic E-state index is 12.9. The first-order valence-corrected chi connectivity index (χ1v) is 9.05. The van der Waals surface area contributed by atoms with Gasteiger partial charge in [0, 0.05) is 23.5 Å². The monoisotopic (exact) mass is 302 g/mol. The summed E-state index contributed by atoms with van der Waals surface area (Å²) in [7, 11) is -1.53. The van der Waals surface area contributed by atoms with Crippen LogP contribution in [0.2, 0.25) is 0 Å². The van der Waals surface area contributed by atoms with Gasteiger partial charge in [-0.2, -0.15) is 4.31 Å². The van der Waals surface area contributed by atoms with E-state index in [0.29, 0.717) is 11.4 Å². The number of hydrogen-bond donors (Lipinski definition) is 1. The first-order chi connectivity index (χ1) is 8.98. The van der Waals surface area contributed by atoms with Crippen molar-refractivity contribution in [1.82, 2.24) is 9.62 Å². The summed E-state index contributed by atoms with van der Waals surface area (Å²) in [5.74, 6) is 0. The number of sulfonamides is 1. The molecule has 1 saturated heterocycles. The average Bonchev–Trinajstić information content (AvgIpc) is 2.78. The normalized spacial score (nSPS) is 25.6. The van der Waals surface area contributed by atoms with Crippen LogP contribution in [-0.4, -0.2) is 31.9 Å². The van der Waals surface area contributed by atoms with Crippen molar-refractivity contribution < 1.29 is 8.42 Å². The van der Waals surface area contributed by atoms with Crippen molar-refractivity contribution in [2.45, 2.75) is 56.6 Å². The molecule has 0 aromatic carbocycles. The molecule has 0 bridgehead atoms. The molecular weight excluding hydrogens is 280 g/mol. The van der Waals surface area contributed by atoms with Gasteiger partial charge < -0.3 is 5.32 Å². The largest absolute Gasteiger partial charge is 0.315 e. The van der Waals surface area contributed by atoms with Gasteiger partial charge in [-0.05, 0) is 45.2 Å². The molecule has 1 aliphatic rings. The van der Waals surface area contributed by atoms with Gasteiger partial charge in [0.25, 0.3) is 0 Å². The third kappa shape index (κ3) is 2.86. The predicted molar refractivity (Wildman–Crippen MR) is 78.9 cm³/mol. The zero-order chi connectivity index (χ0) is 14.0. The molecule has 0 radical (unpaired) electrons. The Kier molecular flexibility index (Phi) is 4.66. The molecule has 1 N–H and O–H groups in total. The topological polar surface area (TPSA) is 49.4 Å². The number of hydrogen-bond acceptors (Lipinski definition) is 4. The lowest BCUT2D eigenvalue weighted by atomic mass is 10.0. The van der Waals surface area contributed by atoms with Crippen molar-refractivity contribution in [2.24, 2.45) is 0 Å². The minimum Gasteiger partial charge on any atom is -0.315 e. The van der Waals surface area contributed by atoms with Crippen molar-refractivity contribution in [3.8, 4) is 0 Å². The van der Waals surface area contributed by atoms with Crippen LogP contribution in [0.25, 0.3) is 0 Å². The van der Waals surface area contributed by atoms with E-state index in [0.717, 1.165) is 24.1 Å². The Bertz CT molecular complexity index is 515. The maximum Gasteiger partial charge on any atom is 0.244 e. The average molecular weight is 302 g/mol. The van der Waals surface area contributed by atoms with E-state index in [4.69, 9.17) is 0 Å². The molecule has 108 valence electrons. The van der Waals surface area contributed by atoms with Crippen LogP contribution in [0.15, 0.2) is 16.3 Å². The van der Waals surface area contributed by atoms with Gasteiger partial charge in [0.05, 0.1) is 4.90 Å². The lowest BCUT2D eigenvalue weighted by molar-refractivity contribution is 0.204. The van der Waals surface area contributed by atoms with Gasteiger partial charge >= 0.3 is 0 Å². The molecular formula is C13H22N2O2S2. The highest BCUT2D eigenvalue weighted by molar-refractivity contribution is 7.89. The highest BCUT2D eigenvalue weighted by Crippen LogP contribution is 2.32. The van der Waals surface area contributed by atoms with E-state index >= 15 is 0 Å². The number of rotatable bonds is 4. The summed E-state index contributed by atoms with van der Waals surface area (Å²) in [5, 5.41) is 4.90. The molecule has 0 spiro atoms. The van der Waals surface area contributed by atoms with Crippen LogP contribution < -0.4 is 5.32 Å². The Hall–Kier alpha value is -0.430. The molecule has 19 heavy (non-hydrogen) atoms. The lowest BCUT2D eigenvalue weighted by Crippen LogP contribution is -2.47. The van der Waals surface area contributed by atoms with Crippen LogP contribution in [-0.2, 0) is 16.6 Å². The number of thiophene rings is 1. The Balaban J connectivity index is 2.38. The molecule has 1 aromatic rings. The third-order valence-corrected chi connectivity index (χ3v) is 6.97. The summed E-state index contributed by atoms with van der Waals surface area (Å²) in [4.78, 5) is 1.37. The molecule has 2 rings (SSSR count). The zero-order valence-electron chi connectivity index (χ0n) is 11.7. The minimum atomic E-state index is -3.37. The number of piperidine rings is 1. The van der Waals surface area contributed by atoms with Crippen LogP contribution in [0.1, 0.15) is 38.0 Å². The molecule has 2 atom stereocenters. The molecule has 1 aromatic heterocycles. The molecule has 2 heterocycles. The van der Waals surface area contributed by atoms with Crippen molar-refractivity contribution >= 4 is 21.4 Å². The summed E-state index contributed by atoms with van der Waals surface area (Å²) >= 11 is 1.50. The molecule has 1 aliphatic heterocycles. The number of nitrogens with one attached hydrogen (secondary N) is 1. The fourth-order valence-corrected chi connectivity index (χ4v) is 6.15. The van der Waals surface area contributed by atoms with Gasteiger partial charge in [-0.3, -0.25) is 0 Å². The van der Waals surface area contributed by atoms with Gasteiger partial charge in [-0.1, -0.05) is 6.42 Å². The van der Waals surface area contributed by atoms with E-state index in [1.54, 1.807) is 10.4 Å². The second-order valence-electron chi connectivity index (χ2n) is 5.20. The van der Waals surface area contributed by atoms with Gasteiger partial charge in [-0.15, -0.1) is 11.3 Å². The SMILES string of the molecule is CNCc1sccc1S(=O)(=O)N1C(C)CCCC1C. The standard InChI is InChI=1S/C13H22N2O2S2/c1-10-5-4-6-11(2)15(10)19(16,17)13-7-8-18-12(13)9-14-3/h7-8,10-11,14H,4-6,9H2,1-3H3. The van der Waals surface area contributed by atoms with Crippen molar-refractivity contribution in [2.75, 3.05) is 7.05 Å². The summed E-state index contributed by atoms with van der Waals surface area (Å²) in [6.07, 6.45) is 3.02. The van der Waals surface area contributed by atoms with Gasteiger partial charge in [-0.25, -0.2) is 8.42 Å². The van der Waals surface area contributed by atoms with E-state index in [9.17, 15) is 8.42 Å². The van der Waals surface area contributed by atoms with Gasteiger partial charge in [0.2, 0.25) is 10.0 Å². The number of nitrogens with zero attached hydrogens (tertiary/aromatic N) is 1. The van der Waals surface area contributed by atoms with E-state index < -0.39 is 10.0 Å². The van der Waals surface area contributed by atoms with Crippen LogP contribution in [0.3, 0.4) is 0 Å². The third-order valence-electron chi connectivity index (χ3n) is 3.71. The van der Waals surface area contributed by atoms with Crippen molar-refractivity contribution in [3.63, 3.8) is 0 Å². The van der Waals surface area contributed by atoms with Crippen LogP contribution in [0, 0.1) is 0 Å². The first-order valence-electron chi connectivity index (χ1n) is 6.73. The first kappa shape index (κ1) is 15.0. The van der Waals surface area contributed by atoms with Gasteiger partial charge in [0.15, 0.2) is 0 Å². The molecule has 0 amide bonds. The Morgan fingerprint density at radius 2 is 2.00 bits per heavy atom. The molecule has 0 aliphatic carbocycles. The lowest BCUT2D eigenvalue weighted by Gasteiger charge is -2.37. The second kappa shape index (κ2) is 5.91.